The van der Waals surface area contributed by atoms with Gasteiger partial charge in [0.25, 0.3) is 11.5 Å². The first-order chi connectivity index (χ1) is 14.7. The van der Waals surface area contributed by atoms with E-state index >= 15 is 0 Å². The largest absolute Gasteiger partial charge is 0.493 e. The van der Waals surface area contributed by atoms with Crippen LogP contribution in [0.15, 0.2) is 49.2 Å². The molecule has 1 amide bonds. The van der Waals surface area contributed by atoms with Crippen molar-refractivity contribution in [2.75, 3.05) is 13.7 Å². The first kappa shape index (κ1) is 23.0. The van der Waals surface area contributed by atoms with E-state index in [1.807, 2.05) is 19.9 Å². The second kappa shape index (κ2) is 9.61. The van der Waals surface area contributed by atoms with Crippen LogP contribution >= 0.6 is 31.9 Å². The first-order valence-corrected chi connectivity index (χ1v) is 10.8. The van der Waals surface area contributed by atoms with Crippen molar-refractivity contribution < 1.29 is 14.3 Å². The maximum atomic E-state index is 13.1. The van der Waals surface area contributed by atoms with Crippen LogP contribution in [0, 0.1) is 0 Å². The summed E-state index contributed by atoms with van der Waals surface area (Å²) < 4.78 is 13.4. The van der Waals surface area contributed by atoms with Gasteiger partial charge in [0.15, 0.2) is 18.1 Å². The van der Waals surface area contributed by atoms with E-state index in [2.05, 4.69) is 41.9 Å². The highest BCUT2D eigenvalue weighted by Crippen LogP contribution is 2.36. The number of hydrogen-bond donors (Lipinski definition) is 1. The van der Waals surface area contributed by atoms with E-state index in [9.17, 15) is 9.59 Å². The number of carbonyl (C=O) groups excluding carboxylic acids is 1. The lowest BCUT2D eigenvalue weighted by Gasteiger charge is -2.13. The molecule has 0 saturated carbocycles. The zero-order valence-electron chi connectivity index (χ0n) is 17.1. The van der Waals surface area contributed by atoms with Crippen LogP contribution in [0.1, 0.15) is 31.2 Å². The second-order valence-electron chi connectivity index (χ2n) is 6.94. The Morgan fingerprint density at radius 2 is 2.03 bits per heavy atom. The number of nitrogens with zero attached hydrogens (tertiary/aromatic N) is 3. The summed E-state index contributed by atoms with van der Waals surface area (Å²) in [6.07, 6.45) is 1.53. The van der Waals surface area contributed by atoms with Crippen molar-refractivity contribution in [1.82, 2.24) is 9.66 Å². The van der Waals surface area contributed by atoms with Gasteiger partial charge in [-0.15, -0.1) is 0 Å². The van der Waals surface area contributed by atoms with Crippen molar-refractivity contribution in [3.8, 4) is 11.5 Å². The average Bonchev–Trinajstić information content (AvgIpc) is 2.71. The van der Waals surface area contributed by atoms with Crippen LogP contribution < -0.4 is 20.8 Å². The molecule has 0 spiro atoms. The fourth-order valence-electron chi connectivity index (χ4n) is 2.87. The molecule has 0 aliphatic rings. The predicted octanol–water partition coefficient (Wildman–Crippen LogP) is 3.80. The van der Waals surface area contributed by atoms with Crippen molar-refractivity contribution in [3.63, 3.8) is 0 Å². The van der Waals surface area contributed by atoms with Crippen molar-refractivity contribution in [3.05, 3.63) is 61.0 Å². The summed E-state index contributed by atoms with van der Waals surface area (Å²) in [5, 5.41) is 4.87. The van der Waals surface area contributed by atoms with Crippen LogP contribution in [0.4, 0.5) is 0 Å². The van der Waals surface area contributed by atoms with Crippen molar-refractivity contribution in [2.24, 2.45) is 10.8 Å². The highest BCUT2D eigenvalue weighted by atomic mass is 79.9. The molecule has 3 rings (SSSR count). The molecule has 0 atom stereocenters. The summed E-state index contributed by atoms with van der Waals surface area (Å²) in [6, 6.07) is 8.78. The summed E-state index contributed by atoms with van der Waals surface area (Å²) in [5.41, 5.74) is 6.14. The van der Waals surface area contributed by atoms with E-state index in [1.165, 1.54) is 18.0 Å². The smallest absolute Gasteiger partial charge is 0.282 e. The summed E-state index contributed by atoms with van der Waals surface area (Å²) in [6.45, 7) is 3.61. The second-order valence-corrected chi connectivity index (χ2v) is 8.71. The zero-order valence-corrected chi connectivity index (χ0v) is 20.2. The van der Waals surface area contributed by atoms with Crippen LogP contribution in [-0.2, 0) is 4.79 Å². The number of rotatable bonds is 7. The molecule has 0 aliphatic heterocycles. The third-order valence-corrected chi connectivity index (χ3v) is 5.36. The fourth-order valence-corrected chi connectivity index (χ4v) is 3.81. The maximum absolute atomic E-state index is 13.1. The molecule has 1 heterocycles. The van der Waals surface area contributed by atoms with Gasteiger partial charge in [0.1, 0.15) is 5.82 Å². The van der Waals surface area contributed by atoms with E-state index in [0.717, 1.165) is 4.47 Å². The molecule has 2 aromatic carbocycles. The molecule has 1 aromatic heterocycles. The van der Waals surface area contributed by atoms with E-state index in [-0.39, 0.29) is 18.1 Å². The zero-order chi connectivity index (χ0) is 22.7. The van der Waals surface area contributed by atoms with Crippen molar-refractivity contribution in [2.45, 2.75) is 19.8 Å². The SMILES string of the molecule is COc1cc(C=Nn2c(C(C)C)nc3ccc(Br)cc3c2=O)cc(Br)c1OCC(N)=O. The molecule has 2 N–H and O–H groups in total. The lowest BCUT2D eigenvalue weighted by molar-refractivity contribution is -0.119. The van der Waals surface area contributed by atoms with Crippen LogP contribution in [0.2, 0.25) is 0 Å². The van der Waals surface area contributed by atoms with Gasteiger partial charge in [-0.1, -0.05) is 29.8 Å². The minimum Gasteiger partial charge on any atom is -0.493 e. The average molecular weight is 552 g/mol. The molecule has 8 nitrogen and oxygen atoms in total. The van der Waals surface area contributed by atoms with Gasteiger partial charge >= 0.3 is 0 Å². The Bertz CT molecular complexity index is 1240. The molecule has 0 radical (unpaired) electrons. The Kier molecular flexibility index (Phi) is 7.11. The van der Waals surface area contributed by atoms with Gasteiger partial charge in [0, 0.05) is 10.4 Å². The Hall–Kier alpha value is -2.72. The van der Waals surface area contributed by atoms with Crippen molar-refractivity contribution in [1.29, 1.82) is 0 Å². The number of amides is 1. The normalized spacial score (nSPS) is 11.4. The van der Waals surface area contributed by atoms with Gasteiger partial charge in [-0.3, -0.25) is 9.59 Å². The molecule has 31 heavy (non-hydrogen) atoms. The number of methoxy groups -OCH3 is 1. The molecule has 0 unspecified atom stereocenters. The Labute approximate surface area is 195 Å². The predicted molar refractivity (Wildman–Crippen MR) is 126 cm³/mol. The number of ether oxygens (including phenoxy) is 2. The topological polar surface area (TPSA) is 109 Å². The number of hydrogen-bond acceptors (Lipinski definition) is 6. The minimum atomic E-state index is -0.601. The quantitative estimate of drug-likeness (QED) is 0.449. The highest BCUT2D eigenvalue weighted by molar-refractivity contribution is 9.10. The molecule has 0 fully saturated rings. The van der Waals surface area contributed by atoms with Crippen LogP contribution in [0.5, 0.6) is 11.5 Å². The third kappa shape index (κ3) is 5.13. The van der Waals surface area contributed by atoms with Gasteiger partial charge < -0.3 is 15.2 Å². The number of halogens is 2. The number of carbonyl (C=O) groups is 1. The number of aromatic nitrogens is 2. The van der Waals surface area contributed by atoms with Gasteiger partial charge in [0.05, 0.1) is 28.7 Å². The number of fused-ring (bicyclic) bond motifs is 1. The summed E-state index contributed by atoms with van der Waals surface area (Å²) >= 11 is 6.80. The molecule has 3 aromatic rings. The summed E-state index contributed by atoms with van der Waals surface area (Å²) in [4.78, 5) is 28.8. The molecule has 0 bridgehead atoms. The molecule has 10 heteroatoms. The maximum Gasteiger partial charge on any atom is 0.282 e. The fraction of sp³-hybridized carbons (Fsp3) is 0.238. The lowest BCUT2D eigenvalue weighted by atomic mass is 10.2. The van der Waals surface area contributed by atoms with Gasteiger partial charge in [0.2, 0.25) is 0 Å². The highest BCUT2D eigenvalue weighted by Gasteiger charge is 2.15. The standard InChI is InChI=1S/C21H20Br2N4O4/c1-11(2)20-26-16-5-4-13(22)8-14(16)21(29)27(20)25-9-12-6-15(23)19(17(7-12)30-3)31-10-18(24)28/h4-9,11H,10H2,1-3H3,(H2,24,28). The molecule has 0 aliphatic carbocycles. The number of nitrogens with two attached hydrogens (primary N) is 1. The Morgan fingerprint density at radius 1 is 1.29 bits per heavy atom. The summed E-state index contributed by atoms with van der Waals surface area (Å²) in [5.74, 6) is 0.646. The minimum absolute atomic E-state index is 0.0243. The first-order valence-electron chi connectivity index (χ1n) is 9.26. The van der Waals surface area contributed by atoms with Gasteiger partial charge in [-0.25, -0.2) is 4.98 Å². The Morgan fingerprint density at radius 3 is 2.68 bits per heavy atom. The van der Waals surface area contributed by atoms with Crippen molar-refractivity contribution >= 4 is 54.9 Å². The van der Waals surface area contributed by atoms with Crippen LogP contribution in [-0.4, -0.2) is 35.5 Å². The van der Waals surface area contributed by atoms with Crippen LogP contribution in [0.25, 0.3) is 10.9 Å². The molecular formula is C21H20Br2N4O4. The van der Waals surface area contributed by atoms with E-state index in [1.54, 1.807) is 24.3 Å². The van der Waals surface area contributed by atoms with E-state index in [4.69, 9.17) is 15.2 Å². The Balaban J connectivity index is 2.07. The number of benzene rings is 2. The monoisotopic (exact) mass is 550 g/mol. The summed E-state index contributed by atoms with van der Waals surface area (Å²) in [7, 11) is 1.48. The molecule has 0 saturated heterocycles. The lowest BCUT2D eigenvalue weighted by Crippen LogP contribution is -2.23. The molecular weight excluding hydrogens is 532 g/mol. The van der Waals surface area contributed by atoms with Crippen LogP contribution in [0.3, 0.4) is 0 Å². The van der Waals surface area contributed by atoms with Gasteiger partial charge in [-0.2, -0.15) is 9.78 Å². The van der Waals surface area contributed by atoms with E-state index < -0.39 is 5.91 Å². The third-order valence-electron chi connectivity index (χ3n) is 4.28. The van der Waals surface area contributed by atoms with E-state index in [0.29, 0.717) is 38.3 Å². The number of primary amides is 1. The van der Waals surface area contributed by atoms with Gasteiger partial charge in [-0.05, 0) is 51.8 Å². The molecule has 162 valence electrons.